The number of rotatable bonds is 4. The zero-order valence-corrected chi connectivity index (χ0v) is 15.9. The summed E-state index contributed by atoms with van der Waals surface area (Å²) in [6.07, 6.45) is 2.53. The maximum absolute atomic E-state index is 12.4. The summed E-state index contributed by atoms with van der Waals surface area (Å²) in [4.78, 5) is 30.8. The number of carbonyl (C=O) groups excluding carboxylic acids is 2. The maximum atomic E-state index is 12.4. The lowest BCUT2D eigenvalue weighted by Gasteiger charge is -2.30. The molecular weight excluding hydrogens is 348 g/mol. The van der Waals surface area contributed by atoms with Gasteiger partial charge in [-0.2, -0.15) is 0 Å². The molecule has 1 fully saturated rings. The van der Waals surface area contributed by atoms with Crippen molar-refractivity contribution in [3.8, 4) is 0 Å². The Morgan fingerprint density at radius 1 is 1.35 bits per heavy atom. The summed E-state index contributed by atoms with van der Waals surface area (Å²) in [5.41, 5.74) is 2.50. The molecule has 1 aromatic heterocycles. The Morgan fingerprint density at radius 2 is 2.19 bits per heavy atom. The topological polar surface area (TPSA) is 74.3 Å². The Kier molecular flexibility index (Phi) is 5.88. The molecule has 3 rings (SSSR count). The van der Waals surface area contributed by atoms with Crippen LogP contribution < -0.4 is 10.6 Å². The monoisotopic (exact) mass is 372 g/mol. The molecule has 0 saturated carbocycles. The van der Waals surface area contributed by atoms with Crippen LogP contribution in [0, 0.1) is 12.8 Å². The molecule has 2 N–H and O–H groups in total. The lowest BCUT2D eigenvalue weighted by molar-refractivity contribution is -0.132. The summed E-state index contributed by atoms with van der Waals surface area (Å²) >= 11 is 1.33. The summed E-state index contributed by atoms with van der Waals surface area (Å²) < 4.78 is 0. The van der Waals surface area contributed by atoms with Crippen LogP contribution in [-0.2, 0) is 11.2 Å². The molecule has 0 aliphatic carbocycles. The molecule has 1 aliphatic heterocycles. The van der Waals surface area contributed by atoms with Crippen LogP contribution in [0.1, 0.15) is 31.0 Å². The van der Waals surface area contributed by atoms with E-state index in [2.05, 4.69) is 22.5 Å². The first-order valence-corrected chi connectivity index (χ1v) is 9.74. The number of nitrogens with one attached hydrogen (secondary N) is 2. The number of hydrogen-bond acceptors (Lipinski definition) is 4. The average molecular weight is 372 g/mol. The number of amides is 3. The van der Waals surface area contributed by atoms with E-state index in [0.717, 1.165) is 30.8 Å². The lowest BCUT2D eigenvalue weighted by Crippen LogP contribution is -2.39. The highest BCUT2D eigenvalue weighted by Crippen LogP contribution is 2.20. The van der Waals surface area contributed by atoms with Crippen molar-refractivity contribution >= 4 is 34.1 Å². The number of aromatic nitrogens is 1. The van der Waals surface area contributed by atoms with Gasteiger partial charge in [0.1, 0.15) is 0 Å². The molecule has 7 heteroatoms. The molecule has 1 saturated heterocycles. The number of benzene rings is 1. The smallest absolute Gasteiger partial charge is 0.325 e. The van der Waals surface area contributed by atoms with Gasteiger partial charge in [-0.15, -0.1) is 11.3 Å². The maximum Gasteiger partial charge on any atom is 0.325 e. The van der Waals surface area contributed by atoms with E-state index >= 15 is 0 Å². The predicted octanol–water partition coefficient (Wildman–Crippen LogP) is 3.90. The van der Waals surface area contributed by atoms with E-state index in [1.807, 2.05) is 41.5 Å². The third kappa shape index (κ3) is 5.05. The fraction of sp³-hybridized carbons (Fsp3) is 0.421. The normalized spacial score (nSPS) is 17.0. The highest BCUT2D eigenvalue weighted by Gasteiger charge is 2.21. The summed E-state index contributed by atoms with van der Waals surface area (Å²) in [5.74, 6) is 0.670. The van der Waals surface area contributed by atoms with Crippen molar-refractivity contribution in [3.05, 3.63) is 40.9 Å². The van der Waals surface area contributed by atoms with E-state index in [-0.39, 0.29) is 18.4 Å². The van der Waals surface area contributed by atoms with Crippen molar-refractivity contribution in [2.45, 2.75) is 33.1 Å². The van der Waals surface area contributed by atoms with Crippen LogP contribution in [0.5, 0.6) is 0 Å². The van der Waals surface area contributed by atoms with Crippen LogP contribution in [0.4, 0.5) is 15.6 Å². The number of carbonyl (C=O) groups is 2. The molecule has 2 aromatic rings. The molecule has 0 spiro atoms. The van der Waals surface area contributed by atoms with Gasteiger partial charge in [0.15, 0.2) is 5.13 Å². The summed E-state index contributed by atoms with van der Waals surface area (Å²) in [6.45, 7) is 5.80. The number of aryl methyl sites for hydroxylation is 1. The third-order valence-corrected chi connectivity index (χ3v) is 5.20. The molecular formula is C19H24N4O2S. The number of piperidine rings is 1. The van der Waals surface area contributed by atoms with Crippen LogP contribution in [0.3, 0.4) is 0 Å². The van der Waals surface area contributed by atoms with Crippen molar-refractivity contribution in [2.75, 3.05) is 23.7 Å². The minimum atomic E-state index is -0.340. The molecule has 138 valence electrons. The van der Waals surface area contributed by atoms with Crippen LogP contribution >= 0.6 is 11.3 Å². The van der Waals surface area contributed by atoms with Gasteiger partial charge in [0.2, 0.25) is 5.91 Å². The summed E-state index contributed by atoms with van der Waals surface area (Å²) in [7, 11) is 0. The van der Waals surface area contributed by atoms with Crippen molar-refractivity contribution < 1.29 is 9.59 Å². The second-order valence-corrected chi connectivity index (χ2v) is 7.71. The molecule has 6 nitrogen and oxygen atoms in total. The van der Waals surface area contributed by atoms with Gasteiger partial charge in [-0.3, -0.25) is 10.1 Å². The SMILES string of the molecule is Cc1cccc(NC(=O)Nc2nc(CC(=O)N3CCCC(C)C3)cs2)c1. The minimum Gasteiger partial charge on any atom is -0.342 e. The Hall–Kier alpha value is -2.41. The van der Waals surface area contributed by atoms with Crippen molar-refractivity contribution in [1.82, 2.24) is 9.88 Å². The first kappa shape index (κ1) is 18.4. The van der Waals surface area contributed by atoms with Gasteiger partial charge in [0.25, 0.3) is 0 Å². The molecule has 2 heterocycles. The molecule has 1 aromatic carbocycles. The van der Waals surface area contributed by atoms with E-state index < -0.39 is 0 Å². The van der Waals surface area contributed by atoms with E-state index in [1.165, 1.54) is 17.8 Å². The van der Waals surface area contributed by atoms with Gasteiger partial charge < -0.3 is 10.2 Å². The Bertz CT molecular complexity index is 789. The zero-order valence-electron chi connectivity index (χ0n) is 15.1. The third-order valence-electron chi connectivity index (χ3n) is 4.39. The summed E-state index contributed by atoms with van der Waals surface area (Å²) in [5, 5.41) is 7.82. The molecule has 0 bridgehead atoms. The molecule has 26 heavy (non-hydrogen) atoms. The van der Waals surface area contributed by atoms with E-state index in [9.17, 15) is 9.59 Å². The minimum absolute atomic E-state index is 0.109. The molecule has 3 amide bonds. The van der Waals surface area contributed by atoms with E-state index in [1.54, 1.807) is 0 Å². The number of thiazole rings is 1. The van der Waals surface area contributed by atoms with E-state index in [4.69, 9.17) is 0 Å². The van der Waals surface area contributed by atoms with Crippen molar-refractivity contribution in [2.24, 2.45) is 5.92 Å². The van der Waals surface area contributed by atoms with Gasteiger partial charge in [0.05, 0.1) is 12.1 Å². The first-order valence-electron chi connectivity index (χ1n) is 8.86. The zero-order chi connectivity index (χ0) is 18.5. The van der Waals surface area contributed by atoms with Crippen molar-refractivity contribution in [3.63, 3.8) is 0 Å². The molecule has 1 unspecified atom stereocenters. The van der Waals surface area contributed by atoms with Crippen LogP contribution in [0.25, 0.3) is 0 Å². The highest BCUT2D eigenvalue weighted by atomic mass is 32.1. The summed E-state index contributed by atoms with van der Waals surface area (Å²) in [6, 6.07) is 7.24. The van der Waals surface area contributed by atoms with Gasteiger partial charge in [0, 0.05) is 24.2 Å². The first-order chi connectivity index (χ1) is 12.5. The number of hydrogen-bond donors (Lipinski definition) is 2. The fourth-order valence-electron chi connectivity index (χ4n) is 3.11. The van der Waals surface area contributed by atoms with Crippen LogP contribution in [-0.4, -0.2) is 34.9 Å². The number of anilines is 2. The van der Waals surface area contributed by atoms with Crippen LogP contribution in [0.2, 0.25) is 0 Å². The lowest BCUT2D eigenvalue weighted by atomic mass is 10.00. The van der Waals surface area contributed by atoms with Gasteiger partial charge >= 0.3 is 6.03 Å². The predicted molar refractivity (Wildman–Crippen MR) is 105 cm³/mol. The van der Waals surface area contributed by atoms with Gasteiger partial charge in [-0.05, 0) is 43.4 Å². The number of nitrogens with zero attached hydrogens (tertiary/aromatic N) is 2. The number of likely N-dealkylation sites (tertiary alicyclic amines) is 1. The molecule has 1 aliphatic rings. The fourth-order valence-corrected chi connectivity index (χ4v) is 3.82. The average Bonchev–Trinajstić information content (AvgIpc) is 3.01. The second kappa shape index (κ2) is 8.31. The number of urea groups is 1. The molecule has 0 radical (unpaired) electrons. The van der Waals surface area contributed by atoms with Gasteiger partial charge in [-0.1, -0.05) is 19.1 Å². The van der Waals surface area contributed by atoms with E-state index in [0.29, 0.717) is 16.7 Å². The molecule has 1 atom stereocenters. The largest absolute Gasteiger partial charge is 0.342 e. The highest BCUT2D eigenvalue weighted by molar-refractivity contribution is 7.14. The van der Waals surface area contributed by atoms with Gasteiger partial charge in [-0.25, -0.2) is 9.78 Å². The second-order valence-electron chi connectivity index (χ2n) is 6.86. The van der Waals surface area contributed by atoms with Crippen LogP contribution in [0.15, 0.2) is 29.6 Å². The Labute approximate surface area is 157 Å². The quantitative estimate of drug-likeness (QED) is 0.855. The Morgan fingerprint density at radius 3 is 2.96 bits per heavy atom. The van der Waals surface area contributed by atoms with Crippen molar-refractivity contribution in [1.29, 1.82) is 0 Å². The standard InChI is InChI=1S/C19H24N4O2S/c1-13-5-3-7-15(9-13)20-18(25)22-19-21-16(12-26-19)10-17(24)23-8-4-6-14(2)11-23/h3,5,7,9,12,14H,4,6,8,10-11H2,1-2H3,(H2,20,21,22,25). The Balaban J connectivity index is 1.52.